The van der Waals surface area contributed by atoms with Crippen molar-refractivity contribution >= 4 is 17.5 Å². The van der Waals surface area contributed by atoms with Gasteiger partial charge in [-0.2, -0.15) is 0 Å². The number of rotatable bonds is 15. The van der Waals surface area contributed by atoms with Crippen molar-refractivity contribution in [3.8, 4) is 5.75 Å². The Morgan fingerprint density at radius 2 is 1.83 bits per heavy atom. The number of nitrogens with two attached hydrogens (primary N) is 1. The molecule has 0 radical (unpaired) electrons. The molecule has 0 fully saturated rings. The zero-order valence-electron chi connectivity index (χ0n) is 20.3. The number of benzene rings is 2. The maximum absolute atomic E-state index is 12.7. The fourth-order valence-corrected chi connectivity index (χ4v) is 3.58. The Morgan fingerprint density at radius 3 is 2.43 bits per heavy atom. The van der Waals surface area contributed by atoms with E-state index in [2.05, 4.69) is 22.6 Å². The molecular formula is C26H33N3O6. The van der Waals surface area contributed by atoms with Crippen LogP contribution >= 0.6 is 0 Å². The molecule has 9 nitrogen and oxygen atoms in total. The van der Waals surface area contributed by atoms with Crippen LogP contribution in [0.15, 0.2) is 53.7 Å². The van der Waals surface area contributed by atoms with E-state index in [1.165, 1.54) is 24.6 Å². The lowest BCUT2D eigenvalue weighted by molar-refractivity contribution is -0.137. The summed E-state index contributed by atoms with van der Waals surface area (Å²) in [4.78, 5) is 47.8. The summed E-state index contributed by atoms with van der Waals surface area (Å²) in [5.74, 6) is -2.43. The standard InChI is InChI=1S/C26H33N3O6/c1-4-23(31)26(3,29-34)24(32)16-35-22(19-12-13-21(30)20(14-19)25(27)33)15-28-17(2)10-11-18-8-6-5-7-9-18/h5-9,12-14,17,22,28,30H,4,10-11,15-16H2,1-3H3,(H2,27,33). The van der Waals surface area contributed by atoms with Crippen LogP contribution in [0.1, 0.15) is 61.2 Å². The average Bonchev–Trinajstić information content (AvgIpc) is 2.87. The lowest BCUT2D eigenvalue weighted by Crippen LogP contribution is -2.44. The molecule has 0 aliphatic rings. The summed E-state index contributed by atoms with van der Waals surface area (Å²) < 4.78 is 5.82. The van der Waals surface area contributed by atoms with Crippen LogP contribution in [-0.4, -0.2) is 47.3 Å². The minimum absolute atomic E-state index is 0.0160. The first-order chi connectivity index (χ1) is 16.6. The molecule has 2 rings (SSSR count). The van der Waals surface area contributed by atoms with Crippen LogP contribution in [0.5, 0.6) is 5.75 Å². The molecule has 0 aromatic heterocycles. The minimum Gasteiger partial charge on any atom is -0.507 e. The van der Waals surface area contributed by atoms with E-state index in [0.29, 0.717) is 5.56 Å². The number of nitrogens with zero attached hydrogens (tertiary/aromatic N) is 1. The number of carbonyl (C=O) groups is 3. The number of carbonyl (C=O) groups excluding carboxylic acids is 3. The predicted octanol–water partition coefficient (Wildman–Crippen LogP) is 3.23. The van der Waals surface area contributed by atoms with Crippen molar-refractivity contribution in [1.82, 2.24) is 5.32 Å². The number of hydrogen-bond acceptors (Lipinski definition) is 8. The van der Waals surface area contributed by atoms with Gasteiger partial charge in [0.05, 0.1) is 11.7 Å². The number of nitrogens with one attached hydrogen (secondary N) is 1. The Kier molecular flexibility index (Phi) is 10.2. The van der Waals surface area contributed by atoms with Gasteiger partial charge in [-0.25, -0.2) is 0 Å². The highest BCUT2D eigenvalue weighted by Crippen LogP contribution is 2.25. The Morgan fingerprint density at radius 1 is 1.14 bits per heavy atom. The highest BCUT2D eigenvalue weighted by atomic mass is 16.5. The first-order valence-corrected chi connectivity index (χ1v) is 11.5. The fourth-order valence-electron chi connectivity index (χ4n) is 3.58. The first-order valence-electron chi connectivity index (χ1n) is 11.5. The second-order valence-electron chi connectivity index (χ2n) is 8.64. The molecule has 9 heteroatoms. The van der Waals surface area contributed by atoms with Crippen LogP contribution in [0.4, 0.5) is 0 Å². The highest BCUT2D eigenvalue weighted by Gasteiger charge is 2.41. The lowest BCUT2D eigenvalue weighted by atomic mass is 9.91. The topological polar surface area (TPSA) is 148 Å². The van der Waals surface area contributed by atoms with Gasteiger partial charge in [0, 0.05) is 19.0 Å². The summed E-state index contributed by atoms with van der Waals surface area (Å²) in [5, 5.41) is 16.1. The number of ketones is 2. The van der Waals surface area contributed by atoms with Crippen LogP contribution < -0.4 is 11.1 Å². The van der Waals surface area contributed by atoms with Crippen molar-refractivity contribution in [3.63, 3.8) is 0 Å². The van der Waals surface area contributed by atoms with Gasteiger partial charge < -0.3 is 20.9 Å². The Bertz CT molecular complexity index is 1040. The van der Waals surface area contributed by atoms with E-state index < -0.39 is 35.7 Å². The van der Waals surface area contributed by atoms with Gasteiger partial charge in [-0.05, 0) is 55.1 Å². The van der Waals surface area contributed by atoms with Gasteiger partial charge in [0.25, 0.3) is 5.91 Å². The molecule has 0 spiro atoms. The molecular weight excluding hydrogens is 450 g/mol. The number of amides is 1. The molecule has 1 amide bonds. The number of phenols is 1. The molecule has 3 atom stereocenters. The van der Waals surface area contributed by atoms with Gasteiger partial charge in [0.2, 0.25) is 5.54 Å². The molecule has 0 aliphatic carbocycles. The van der Waals surface area contributed by atoms with Gasteiger partial charge in [0.15, 0.2) is 11.6 Å². The molecule has 35 heavy (non-hydrogen) atoms. The first kappa shape index (κ1) is 27.8. The third-order valence-electron chi connectivity index (χ3n) is 6.02. The second kappa shape index (κ2) is 12.9. The number of nitroso groups, excluding NO2 is 1. The number of ether oxygens (including phenoxy) is 1. The summed E-state index contributed by atoms with van der Waals surface area (Å²) in [6.07, 6.45) is 0.963. The van der Waals surface area contributed by atoms with E-state index in [4.69, 9.17) is 10.5 Å². The van der Waals surface area contributed by atoms with Crippen molar-refractivity contribution in [2.75, 3.05) is 13.2 Å². The maximum atomic E-state index is 12.7. The van der Waals surface area contributed by atoms with Gasteiger partial charge in [-0.15, -0.1) is 4.91 Å². The molecule has 0 saturated carbocycles. The molecule has 0 saturated heterocycles. The zero-order valence-corrected chi connectivity index (χ0v) is 20.3. The molecule has 2 aromatic carbocycles. The van der Waals surface area contributed by atoms with E-state index in [0.717, 1.165) is 12.8 Å². The molecule has 0 bridgehead atoms. The molecule has 0 heterocycles. The van der Waals surface area contributed by atoms with Crippen molar-refractivity contribution in [2.45, 2.75) is 57.7 Å². The van der Waals surface area contributed by atoms with E-state index in [1.807, 2.05) is 25.1 Å². The number of Topliss-reactive ketones (excluding diaryl/α,β-unsaturated/α-hetero) is 2. The van der Waals surface area contributed by atoms with Crippen molar-refractivity contribution in [3.05, 3.63) is 70.1 Å². The highest BCUT2D eigenvalue weighted by molar-refractivity contribution is 6.11. The summed E-state index contributed by atoms with van der Waals surface area (Å²) in [5.41, 5.74) is 4.95. The minimum atomic E-state index is -2.02. The molecule has 0 aliphatic heterocycles. The number of primary amides is 1. The number of aryl methyl sites for hydroxylation is 1. The number of hydrogen-bond donors (Lipinski definition) is 3. The van der Waals surface area contributed by atoms with Crippen molar-refractivity contribution < 1.29 is 24.2 Å². The van der Waals surface area contributed by atoms with Gasteiger partial charge in [-0.1, -0.05) is 43.3 Å². The Labute approximate surface area is 205 Å². The Balaban J connectivity index is 2.15. The van der Waals surface area contributed by atoms with Crippen LogP contribution in [0, 0.1) is 4.91 Å². The summed E-state index contributed by atoms with van der Waals surface area (Å²) >= 11 is 0. The predicted molar refractivity (Wildman–Crippen MR) is 132 cm³/mol. The normalized spacial score (nSPS) is 14.5. The molecule has 2 aromatic rings. The molecule has 188 valence electrons. The maximum Gasteiger partial charge on any atom is 0.252 e. The summed E-state index contributed by atoms with van der Waals surface area (Å²) in [6, 6.07) is 14.4. The molecule has 4 N–H and O–H groups in total. The Hall–Kier alpha value is -3.43. The number of aromatic hydroxyl groups is 1. The van der Waals surface area contributed by atoms with Crippen LogP contribution in [0.3, 0.4) is 0 Å². The largest absolute Gasteiger partial charge is 0.507 e. The van der Waals surface area contributed by atoms with E-state index >= 15 is 0 Å². The van der Waals surface area contributed by atoms with E-state index in [1.54, 1.807) is 13.0 Å². The third-order valence-corrected chi connectivity index (χ3v) is 6.02. The SMILES string of the molecule is CCC(=O)C(C)(N=O)C(=O)COC(CNC(C)CCc1ccccc1)c1ccc(O)c(C(N)=O)c1. The fraction of sp³-hybridized carbons (Fsp3) is 0.423. The van der Waals surface area contributed by atoms with Crippen molar-refractivity contribution in [2.24, 2.45) is 10.9 Å². The second-order valence-corrected chi connectivity index (χ2v) is 8.64. The van der Waals surface area contributed by atoms with Gasteiger partial charge in [-0.3, -0.25) is 14.4 Å². The van der Waals surface area contributed by atoms with Crippen LogP contribution in [0.25, 0.3) is 0 Å². The van der Waals surface area contributed by atoms with Crippen molar-refractivity contribution in [1.29, 1.82) is 0 Å². The van der Waals surface area contributed by atoms with E-state index in [-0.39, 0.29) is 30.3 Å². The zero-order chi connectivity index (χ0) is 26.0. The van der Waals surface area contributed by atoms with Gasteiger partial charge in [0.1, 0.15) is 12.4 Å². The smallest absolute Gasteiger partial charge is 0.252 e. The van der Waals surface area contributed by atoms with Gasteiger partial charge >= 0.3 is 0 Å². The van der Waals surface area contributed by atoms with Crippen LogP contribution in [0.2, 0.25) is 0 Å². The quantitative estimate of drug-likeness (QED) is 0.260. The average molecular weight is 484 g/mol. The molecule has 3 unspecified atom stereocenters. The summed E-state index contributed by atoms with van der Waals surface area (Å²) in [6.45, 7) is 4.47. The van der Waals surface area contributed by atoms with Crippen LogP contribution in [-0.2, 0) is 20.7 Å². The monoisotopic (exact) mass is 483 g/mol. The summed E-state index contributed by atoms with van der Waals surface area (Å²) in [7, 11) is 0. The van der Waals surface area contributed by atoms with E-state index in [9.17, 15) is 24.4 Å². The third kappa shape index (κ3) is 7.53. The lowest BCUT2D eigenvalue weighted by Gasteiger charge is -2.24.